The van der Waals surface area contributed by atoms with E-state index in [1.54, 1.807) is 43.6 Å². The predicted molar refractivity (Wildman–Crippen MR) is 100 cm³/mol. The summed E-state index contributed by atoms with van der Waals surface area (Å²) in [5.41, 5.74) is 2.07. The van der Waals surface area contributed by atoms with Crippen molar-refractivity contribution < 1.29 is 4.79 Å². The molecule has 25 heavy (non-hydrogen) atoms. The molecule has 0 fully saturated rings. The van der Waals surface area contributed by atoms with Gasteiger partial charge in [0.1, 0.15) is 5.69 Å². The quantitative estimate of drug-likeness (QED) is 0.724. The van der Waals surface area contributed by atoms with Crippen LogP contribution in [0.3, 0.4) is 0 Å². The van der Waals surface area contributed by atoms with Crippen molar-refractivity contribution in [3.8, 4) is 10.6 Å². The highest BCUT2D eigenvalue weighted by atomic mass is 32.1. The molecule has 0 N–H and O–H groups in total. The number of thiophene rings is 1. The molecule has 0 spiro atoms. The van der Waals surface area contributed by atoms with Gasteiger partial charge >= 0.3 is 0 Å². The Morgan fingerprint density at radius 3 is 2.64 bits per heavy atom. The lowest BCUT2D eigenvalue weighted by molar-refractivity contribution is 0.0827. The van der Waals surface area contributed by atoms with Crippen molar-refractivity contribution in [2.45, 2.75) is 13.5 Å². The van der Waals surface area contributed by atoms with E-state index < -0.39 is 0 Å². The number of rotatable bonds is 4. The third-order valence-corrected chi connectivity index (χ3v) is 4.80. The Labute approximate surface area is 150 Å². The first-order valence-electron chi connectivity index (χ1n) is 7.89. The third kappa shape index (κ3) is 3.85. The number of nitrogens with zero attached hydrogens (tertiary/aromatic N) is 3. The van der Waals surface area contributed by atoms with Crippen LogP contribution in [0.5, 0.6) is 0 Å². The number of carbonyl (C=O) groups is 1. The standard InChI is InChI=1S/C19H19N3O2S/c1-13-7-9-17(25-13)16-8-10-18(23)22(20-16)12-14-5-4-6-15(11-14)19(24)21(2)3/h4-11H,12H2,1-3H3. The molecule has 0 unspecified atom stereocenters. The van der Waals surface area contributed by atoms with Gasteiger partial charge in [0, 0.05) is 30.6 Å². The van der Waals surface area contributed by atoms with Crippen LogP contribution in [0.15, 0.2) is 53.3 Å². The van der Waals surface area contributed by atoms with E-state index >= 15 is 0 Å². The SMILES string of the molecule is Cc1ccc(-c2ccc(=O)n(Cc3cccc(C(=O)N(C)C)c3)n2)s1. The lowest BCUT2D eigenvalue weighted by Crippen LogP contribution is -2.24. The molecule has 2 heterocycles. The van der Waals surface area contributed by atoms with Gasteiger partial charge in [-0.3, -0.25) is 9.59 Å². The zero-order chi connectivity index (χ0) is 18.0. The molecule has 2 aromatic heterocycles. The Balaban J connectivity index is 1.92. The second kappa shape index (κ2) is 7.03. The minimum absolute atomic E-state index is 0.0648. The molecule has 1 aromatic carbocycles. The second-order valence-corrected chi connectivity index (χ2v) is 7.31. The van der Waals surface area contributed by atoms with Crippen LogP contribution in [0.2, 0.25) is 0 Å². The van der Waals surface area contributed by atoms with E-state index in [1.165, 1.54) is 20.5 Å². The molecule has 0 saturated heterocycles. The number of amides is 1. The van der Waals surface area contributed by atoms with Gasteiger partial charge in [0.15, 0.2) is 0 Å². The van der Waals surface area contributed by atoms with Crippen molar-refractivity contribution >= 4 is 17.2 Å². The van der Waals surface area contributed by atoms with Crippen molar-refractivity contribution in [2.24, 2.45) is 0 Å². The first-order chi connectivity index (χ1) is 11.9. The summed E-state index contributed by atoms with van der Waals surface area (Å²) >= 11 is 1.64. The molecule has 0 bridgehead atoms. The van der Waals surface area contributed by atoms with Gasteiger partial charge in [-0.25, -0.2) is 4.68 Å². The summed E-state index contributed by atoms with van der Waals surface area (Å²) in [6, 6.07) is 14.6. The van der Waals surface area contributed by atoms with Gasteiger partial charge in [0.05, 0.1) is 11.4 Å². The number of aromatic nitrogens is 2. The summed E-state index contributed by atoms with van der Waals surface area (Å²) in [5, 5.41) is 4.48. The predicted octanol–water partition coefficient (Wildman–Crippen LogP) is 3.03. The average Bonchev–Trinajstić information content (AvgIpc) is 3.03. The molecule has 1 amide bonds. The van der Waals surface area contributed by atoms with Crippen LogP contribution < -0.4 is 5.56 Å². The van der Waals surface area contributed by atoms with Crippen LogP contribution >= 0.6 is 11.3 Å². The average molecular weight is 353 g/mol. The Morgan fingerprint density at radius 2 is 1.96 bits per heavy atom. The summed E-state index contributed by atoms with van der Waals surface area (Å²) in [7, 11) is 3.43. The van der Waals surface area contributed by atoms with E-state index in [0.29, 0.717) is 12.1 Å². The summed E-state index contributed by atoms with van der Waals surface area (Å²) in [6.07, 6.45) is 0. The molecule has 0 aliphatic carbocycles. The largest absolute Gasteiger partial charge is 0.345 e. The smallest absolute Gasteiger partial charge is 0.267 e. The monoisotopic (exact) mass is 353 g/mol. The van der Waals surface area contributed by atoms with Crippen LogP contribution in [-0.2, 0) is 6.54 Å². The first-order valence-corrected chi connectivity index (χ1v) is 8.71. The Bertz CT molecular complexity index is 973. The Hall–Kier alpha value is -2.73. The van der Waals surface area contributed by atoms with Crippen molar-refractivity contribution in [3.63, 3.8) is 0 Å². The van der Waals surface area contributed by atoms with Crippen molar-refractivity contribution in [3.05, 3.63) is 74.9 Å². The number of benzene rings is 1. The third-order valence-electron chi connectivity index (χ3n) is 3.77. The second-order valence-electron chi connectivity index (χ2n) is 6.02. The fourth-order valence-electron chi connectivity index (χ4n) is 2.50. The lowest BCUT2D eigenvalue weighted by Gasteiger charge is -2.12. The van der Waals surface area contributed by atoms with Crippen LogP contribution in [-0.4, -0.2) is 34.7 Å². The van der Waals surface area contributed by atoms with Crippen LogP contribution in [0.25, 0.3) is 10.6 Å². The molecule has 6 heteroatoms. The van der Waals surface area contributed by atoms with Crippen molar-refractivity contribution in [1.82, 2.24) is 14.7 Å². The van der Waals surface area contributed by atoms with Crippen molar-refractivity contribution in [1.29, 1.82) is 0 Å². The lowest BCUT2D eigenvalue weighted by atomic mass is 10.1. The van der Waals surface area contributed by atoms with Gasteiger partial charge in [-0.1, -0.05) is 12.1 Å². The topological polar surface area (TPSA) is 55.2 Å². The van der Waals surface area contributed by atoms with Gasteiger partial charge in [-0.2, -0.15) is 5.10 Å². The molecule has 128 valence electrons. The summed E-state index contributed by atoms with van der Waals surface area (Å²) < 4.78 is 1.43. The molecule has 5 nitrogen and oxygen atoms in total. The van der Waals surface area contributed by atoms with Gasteiger partial charge in [-0.15, -0.1) is 11.3 Å². The fraction of sp³-hybridized carbons (Fsp3) is 0.211. The highest BCUT2D eigenvalue weighted by molar-refractivity contribution is 7.15. The molecular weight excluding hydrogens is 334 g/mol. The zero-order valence-corrected chi connectivity index (χ0v) is 15.2. The van der Waals surface area contributed by atoms with E-state index in [1.807, 2.05) is 31.2 Å². The van der Waals surface area contributed by atoms with Crippen LogP contribution in [0.1, 0.15) is 20.8 Å². The zero-order valence-electron chi connectivity index (χ0n) is 14.4. The van der Waals surface area contributed by atoms with E-state index in [2.05, 4.69) is 5.10 Å². The summed E-state index contributed by atoms with van der Waals surface area (Å²) in [6.45, 7) is 2.36. The number of hydrogen-bond donors (Lipinski definition) is 0. The first kappa shape index (κ1) is 17.1. The summed E-state index contributed by atoms with van der Waals surface area (Å²) in [4.78, 5) is 28.0. The maximum absolute atomic E-state index is 12.2. The minimum Gasteiger partial charge on any atom is -0.345 e. The Morgan fingerprint density at radius 1 is 1.16 bits per heavy atom. The van der Waals surface area contributed by atoms with E-state index in [4.69, 9.17) is 0 Å². The molecule has 3 aromatic rings. The maximum Gasteiger partial charge on any atom is 0.267 e. The molecule has 0 atom stereocenters. The maximum atomic E-state index is 12.2. The number of hydrogen-bond acceptors (Lipinski definition) is 4. The van der Waals surface area contributed by atoms with Gasteiger partial charge in [0.25, 0.3) is 11.5 Å². The van der Waals surface area contributed by atoms with E-state index in [0.717, 1.165) is 16.1 Å². The highest BCUT2D eigenvalue weighted by Crippen LogP contribution is 2.25. The van der Waals surface area contributed by atoms with Gasteiger partial charge in [-0.05, 0) is 42.8 Å². The molecule has 0 aliphatic heterocycles. The van der Waals surface area contributed by atoms with Crippen molar-refractivity contribution in [2.75, 3.05) is 14.1 Å². The van der Waals surface area contributed by atoms with E-state index in [-0.39, 0.29) is 11.5 Å². The van der Waals surface area contributed by atoms with Crippen LogP contribution in [0.4, 0.5) is 0 Å². The number of aryl methyl sites for hydroxylation is 1. The molecule has 0 radical (unpaired) electrons. The molecule has 3 rings (SSSR count). The molecule has 0 aliphatic rings. The normalized spacial score (nSPS) is 10.7. The van der Waals surface area contributed by atoms with Gasteiger partial charge < -0.3 is 4.90 Å². The van der Waals surface area contributed by atoms with Crippen LogP contribution in [0, 0.1) is 6.92 Å². The molecule has 0 saturated carbocycles. The fourth-order valence-corrected chi connectivity index (χ4v) is 3.33. The number of carbonyl (C=O) groups excluding carboxylic acids is 1. The van der Waals surface area contributed by atoms with Gasteiger partial charge in [0.2, 0.25) is 0 Å². The summed E-state index contributed by atoms with van der Waals surface area (Å²) in [5.74, 6) is -0.0648. The van der Waals surface area contributed by atoms with E-state index in [9.17, 15) is 9.59 Å². The highest BCUT2D eigenvalue weighted by Gasteiger charge is 2.10. The Kier molecular flexibility index (Phi) is 4.81. The molecular formula is C19H19N3O2S. The minimum atomic E-state index is -0.165.